The first-order chi connectivity index (χ1) is 6.76. The lowest BCUT2D eigenvalue weighted by atomic mass is 10.0. The second kappa shape index (κ2) is 5.66. The summed E-state index contributed by atoms with van der Waals surface area (Å²) in [4.78, 5) is 0. The zero-order valence-electron chi connectivity index (χ0n) is 8.99. The summed E-state index contributed by atoms with van der Waals surface area (Å²) in [6, 6.07) is 8.23. The summed E-state index contributed by atoms with van der Waals surface area (Å²) in [5, 5.41) is 0. The van der Waals surface area contributed by atoms with Gasteiger partial charge in [0.05, 0.1) is 6.61 Å². The maximum absolute atomic E-state index is 5.59. The minimum absolute atomic E-state index is 0.534. The molecule has 0 fully saturated rings. The highest BCUT2D eigenvalue weighted by Gasteiger charge is 2.02. The first kappa shape index (κ1) is 11.1. The van der Waals surface area contributed by atoms with Crippen molar-refractivity contribution in [3.05, 3.63) is 29.8 Å². The van der Waals surface area contributed by atoms with E-state index in [0.29, 0.717) is 5.92 Å². The molecule has 0 aliphatic rings. The molecule has 0 bridgehead atoms. The van der Waals surface area contributed by atoms with Crippen LogP contribution in [0.3, 0.4) is 0 Å². The number of rotatable bonds is 5. The maximum Gasteiger partial charge on any atom is 0.119 e. The topological polar surface area (TPSA) is 35.2 Å². The Balaban J connectivity index is 2.63. The third-order valence-corrected chi connectivity index (χ3v) is 2.20. The molecule has 1 rings (SSSR count). The zero-order valence-corrected chi connectivity index (χ0v) is 8.99. The molecule has 14 heavy (non-hydrogen) atoms. The van der Waals surface area contributed by atoms with Crippen LogP contribution in [0, 0.1) is 5.92 Å². The molecular formula is C12H19NO. The molecule has 0 saturated heterocycles. The Hall–Kier alpha value is -1.02. The van der Waals surface area contributed by atoms with E-state index >= 15 is 0 Å². The van der Waals surface area contributed by atoms with Gasteiger partial charge in [0.2, 0.25) is 0 Å². The van der Waals surface area contributed by atoms with E-state index in [4.69, 9.17) is 10.5 Å². The summed E-state index contributed by atoms with van der Waals surface area (Å²) in [5.41, 5.74) is 6.89. The van der Waals surface area contributed by atoms with Crippen molar-refractivity contribution >= 4 is 0 Å². The molecule has 0 heterocycles. The molecule has 2 N–H and O–H groups in total. The van der Waals surface area contributed by atoms with E-state index in [-0.39, 0.29) is 0 Å². The lowest BCUT2D eigenvalue weighted by Crippen LogP contribution is -2.13. The van der Waals surface area contributed by atoms with Crippen LogP contribution in [0.1, 0.15) is 19.4 Å². The smallest absolute Gasteiger partial charge is 0.119 e. The molecule has 0 saturated carbocycles. The molecule has 0 aromatic heterocycles. The van der Waals surface area contributed by atoms with Crippen molar-refractivity contribution in [1.82, 2.24) is 0 Å². The van der Waals surface area contributed by atoms with Gasteiger partial charge in [-0.25, -0.2) is 0 Å². The summed E-state index contributed by atoms with van der Waals surface area (Å²) < 4.78 is 5.43. The van der Waals surface area contributed by atoms with Crippen molar-refractivity contribution in [2.75, 3.05) is 13.2 Å². The third kappa shape index (κ3) is 3.38. The van der Waals surface area contributed by atoms with Gasteiger partial charge in [-0.05, 0) is 43.5 Å². The molecule has 0 amide bonds. The van der Waals surface area contributed by atoms with E-state index in [0.717, 1.165) is 25.3 Å². The van der Waals surface area contributed by atoms with Crippen LogP contribution in [0.4, 0.5) is 0 Å². The summed E-state index contributed by atoms with van der Waals surface area (Å²) in [7, 11) is 0. The van der Waals surface area contributed by atoms with Crippen LogP contribution in [0.15, 0.2) is 24.3 Å². The fraction of sp³-hybridized carbons (Fsp3) is 0.500. The predicted molar refractivity (Wildman–Crippen MR) is 59.5 cm³/mol. The Kier molecular flexibility index (Phi) is 4.47. The number of nitrogens with two attached hydrogens (primary N) is 1. The molecular weight excluding hydrogens is 174 g/mol. The predicted octanol–water partition coefficient (Wildman–Crippen LogP) is 2.22. The Morgan fingerprint density at radius 2 is 2.21 bits per heavy atom. The van der Waals surface area contributed by atoms with E-state index in [1.165, 1.54) is 5.56 Å². The quantitative estimate of drug-likeness (QED) is 0.778. The van der Waals surface area contributed by atoms with Gasteiger partial charge in [-0.1, -0.05) is 19.1 Å². The largest absolute Gasteiger partial charge is 0.494 e. The Morgan fingerprint density at radius 1 is 1.43 bits per heavy atom. The van der Waals surface area contributed by atoms with Crippen molar-refractivity contribution in [3.63, 3.8) is 0 Å². The molecule has 0 spiro atoms. The second-order valence-corrected chi connectivity index (χ2v) is 3.63. The minimum Gasteiger partial charge on any atom is -0.494 e. The zero-order chi connectivity index (χ0) is 10.4. The van der Waals surface area contributed by atoms with E-state index in [9.17, 15) is 0 Å². The molecule has 0 unspecified atom stereocenters. The number of benzene rings is 1. The van der Waals surface area contributed by atoms with Crippen LogP contribution in [0.5, 0.6) is 5.75 Å². The van der Waals surface area contributed by atoms with Gasteiger partial charge in [-0.3, -0.25) is 0 Å². The van der Waals surface area contributed by atoms with Crippen LogP contribution < -0.4 is 10.5 Å². The highest BCUT2D eigenvalue weighted by molar-refractivity contribution is 5.28. The van der Waals surface area contributed by atoms with Crippen molar-refractivity contribution in [2.24, 2.45) is 11.7 Å². The molecule has 2 heteroatoms. The third-order valence-electron chi connectivity index (χ3n) is 2.20. The molecule has 2 nitrogen and oxygen atoms in total. The fourth-order valence-electron chi connectivity index (χ4n) is 1.41. The first-order valence-electron chi connectivity index (χ1n) is 5.18. The highest BCUT2D eigenvalue weighted by atomic mass is 16.5. The Labute approximate surface area is 86.1 Å². The Bertz CT molecular complexity index is 273. The van der Waals surface area contributed by atoms with Crippen LogP contribution in [0.2, 0.25) is 0 Å². The van der Waals surface area contributed by atoms with Gasteiger partial charge in [0, 0.05) is 0 Å². The number of hydrogen-bond acceptors (Lipinski definition) is 2. The van der Waals surface area contributed by atoms with Gasteiger partial charge >= 0.3 is 0 Å². The van der Waals surface area contributed by atoms with E-state index < -0.39 is 0 Å². The van der Waals surface area contributed by atoms with Gasteiger partial charge < -0.3 is 10.5 Å². The number of ether oxygens (including phenoxy) is 1. The molecule has 1 aromatic rings. The van der Waals surface area contributed by atoms with Crippen LogP contribution in [0.25, 0.3) is 0 Å². The molecule has 78 valence electrons. The summed E-state index contributed by atoms with van der Waals surface area (Å²) in [6.07, 6.45) is 1.03. The summed E-state index contributed by atoms with van der Waals surface area (Å²) >= 11 is 0. The summed E-state index contributed by atoms with van der Waals surface area (Å²) in [6.45, 7) is 5.61. The van der Waals surface area contributed by atoms with Gasteiger partial charge in [0.15, 0.2) is 0 Å². The Morgan fingerprint density at radius 3 is 2.86 bits per heavy atom. The van der Waals surface area contributed by atoms with Crippen molar-refractivity contribution in [3.8, 4) is 5.75 Å². The normalized spacial score (nSPS) is 12.5. The maximum atomic E-state index is 5.59. The standard InChI is InChI=1S/C12H19NO/c1-3-14-12-6-4-5-11(8-12)7-10(2)9-13/h4-6,8,10H,3,7,9,13H2,1-2H3/t10-/m1/s1. The fourth-order valence-corrected chi connectivity index (χ4v) is 1.41. The average molecular weight is 193 g/mol. The SMILES string of the molecule is CCOc1cccc(C[C@@H](C)CN)c1. The lowest BCUT2D eigenvalue weighted by molar-refractivity contribution is 0.339. The minimum atomic E-state index is 0.534. The molecule has 0 aliphatic carbocycles. The van der Waals surface area contributed by atoms with Gasteiger partial charge in [-0.2, -0.15) is 0 Å². The van der Waals surface area contributed by atoms with E-state index in [1.807, 2.05) is 19.1 Å². The van der Waals surface area contributed by atoms with Crippen LogP contribution >= 0.6 is 0 Å². The molecule has 1 aromatic carbocycles. The molecule has 0 aliphatic heterocycles. The van der Waals surface area contributed by atoms with E-state index in [1.54, 1.807) is 0 Å². The van der Waals surface area contributed by atoms with Gasteiger partial charge in [0.1, 0.15) is 5.75 Å². The average Bonchev–Trinajstić information content (AvgIpc) is 2.19. The van der Waals surface area contributed by atoms with Crippen molar-refractivity contribution in [1.29, 1.82) is 0 Å². The summed E-state index contributed by atoms with van der Waals surface area (Å²) in [5.74, 6) is 1.49. The monoisotopic (exact) mass is 193 g/mol. The highest BCUT2D eigenvalue weighted by Crippen LogP contribution is 2.15. The van der Waals surface area contributed by atoms with E-state index in [2.05, 4.69) is 19.1 Å². The first-order valence-corrected chi connectivity index (χ1v) is 5.18. The molecule has 0 radical (unpaired) electrons. The lowest BCUT2D eigenvalue weighted by Gasteiger charge is -2.09. The molecule has 1 atom stereocenters. The van der Waals surface area contributed by atoms with Crippen molar-refractivity contribution in [2.45, 2.75) is 20.3 Å². The van der Waals surface area contributed by atoms with Gasteiger partial charge in [-0.15, -0.1) is 0 Å². The van der Waals surface area contributed by atoms with Crippen molar-refractivity contribution < 1.29 is 4.74 Å². The second-order valence-electron chi connectivity index (χ2n) is 3.63. The van der Waals surface area contributed by atoms with Crippen LogP contribution in [-0.2, 0) is 6.42 Å². The number of hydrogen-bond donors (Lipinski definition) is 1. The van der Waals surface area contributed by atoms with Gasteiger partial charge in [0.25, 0.3) is 0 Å². The van der Waals surface area contributed by atoms with Crippen LogP contribution in [-0.4, -0.2) is 13.2 Å².